The van der Waals surface area contributed by atoms with Crippen LogP contribution in [0.15, 0.2) is 36.5 Å². The molecule has 1 aromatic heterocycles. The van der Waals surface area contributed by atoms with Crippen molar-refractivity contribution in [3.8, 4) is 0 Å². The average Bonchev–Trinajstić information content (AvgIpc) is 2.83. The van der Waals surface area contributed by atoms with E-state index >= 15 is 0 Å². The second-order valence-corrected chi connectivity index (χ2v) is 3.71. The highest BCUT2D eigenvalue weighted by Gasteiger charge is 2.13. The van der Waals surface area contributed by atoms with Crippen LogP contribution in [0.25, 0.3) is 0 Å². The summed E-state index contributed by atoms with van der Waals surface area (Å²) in [6, 6.07) is 9.89. The second kappa shape index (κ2) is 5.79. The van der Waals surface area contributed by atoms with Crippen molar-refractivity contribution in [2.45, 2.75) is 18.9 Å². The monoisotopic (exact) mass is 231 g/mol. The Labute approximate surface area is 98.8 Å². The van der Waals surface area contributed by atoms with Gasteiger partial charge in [-0.25, -0.2) is 0 Å². The summed E-state index contributed by atoms with van der Waals surface area (Å²) in [5.41, 5.74) is 1.91. The molecule has 0 radical (unpaired) electrons. The largest absolute Gasteiger partial charge is 0.464 e. The first kappa shape index (κ1) is 11.3. The van der Waals surface area contributed by atoms with Crippen molar-refractivity contribution < 1.29 is 9.53 Å². The van der Waals surface area contributed by atoms with Gasteiger partial charge < -0.3 is 4.74 Å². The van der Waals surface area contributed by atoms with Crippen LogP contribution in [0.3, 0.4) is 0 Å². The smallest absolute Gasteiger partial charge is 0.293 e. The van der Waals surface area contributed by atoms with Gasteiger partial charge in [0.1, 0.15) is 6.10 Å². The molecule has 0 saturated carbocycles. The van der Waals surface area contributed by atoms with E-state index < -0.39 is 0 Å². The zero-order valence-corrected chi connectivity index (χ0v) is 9.24. The first-order valence-electron chi connectivity index (χ1n) is 5.36. The summed E-state index contributed by atoms with van der Waals surface area (Å²) in [7, 11) is 0. The van der Waals surface area contributed by atoms with E-state index in [0.717, 1.165) is 11.3 Å². The van der Waals surface area contributed by atoms with Crippen LogP contribution in [0, 0.1) is 0 Å². The van der Waals surface area contributed by atoms with Crippen molar-refractivity contribution in [2.24, 2.45) is 0 Å². The summed E-state index contributed by atoms with van der Waals surface area (Å²) >= 11 is 0. The van der Waals surface area contributed by atoms with Gasteiger partial charge in [0.05, 0.1) is 11.9 Å². The molecule has 0 bridgehead atoms. The Bertz CT molecular complexity index is 442. The first-order valence-corrected chi connectivity index (χ1v) is 5.36. The van der Waals surface area contributed by atoms with Gasteiger partial charge in [-0.2, -0.15) is 15.4 Å². The number of carbonyl (C=O) groups excluding carboxylic acids is 1. The number of H-pyrrole nitrogens is 1. The van der Waals surface area contributed by atoms with Crippen LogP contribution in [-0.2, 0) is 22.4 Å². The van der Waals surface area contributed by atoms with E-state index in [1.807, 2.05) is 30.3 Å². The number of hydrogen-bond donors (Lipinski definition) is 1. The zero-order valence-electron chi connectivity index (χ0n) is 9.24. The summed E-state index contributed by atoms with van der Waals surface area (Å²) in [5.74, 6) is 0. The van der Waals surface area contributed by atoms with E-state index in [2.05, 4.69) is 15.4 Å². The molecule has 88 valence electrons. The minimum atomic E-state index is -0.208. The molecule has 5 nitrogen and oxygen atoms in total. The van der Waals surface area contributed by atoms with Gasteiger partial charge in [-0.3, -0.25) is 4.79 Å². The maximum atomic E-state index is 10.5. The highest BCUT2D eigenvalue weighted by molar-refractivity contribution is 5.37. The summed E-state index contributed by atoms with van der Waals surface area (Å²) < 4.78 is 5.06. The number of nitrogens with zero attached hydrogens (tertiary/aromatic N) is 2. The standard InChI is InChI=1S/C12H13N3O2/c16-9-17-12(7-11-8-13-15-14-11)6-10-4-2-1-3-5-10/h1-5,8-9,12H,6-7H2,(H,13,14,15). The molecular weight excluding hydrogens is 218 g/mol. The number of rotatable bonds is 6. The molecule has 0 fully saturated rings. The molecule has 1 unspecified atom stereocenters. The van der Waals surface area contributed by atoms with Gasteiger partial charge in [-0.05, 0) is 5.56 Å². The lowest BCUT2D eigenvalue weighted by Gasteiger charge is -2.13. The van der Waals surface area contributed by atoms with E-state index in [1.54, 1.807) is 6.20 Å². The van der Waals surface area contributed by atoms with E-state index in [-0.39, 0.29) is 6.10 Å². The summed E-state index contributed by atoms with van der Waals surface area (Å²) in [6.07, 6.45) is 2.66. The number of aromatic amines is 1. The molecule has 1 atom stereocenters. The fraction of sp³-hybridized carbons (Fsp3) is 0.250. The molecule has 0 aliphatic heterocycles. The van der Waals surface area contributed by atoms with Crippen molar-refractivity contribution in [1.29, 1.82) is 0 Å². The van der Waals surface area contributed by atoms with Gasteiger partial charge in [0.25, 0.3) is 6.47 Å². The van der Waals surface area contributed by atoms with Crippen LogP contribution in [-0.4, -0.2) is 28.0 Å². The van der Waals surface area contributed by atoms with Gasteiger partial charge in [0, 0.05) is 12.8 Å². The Morgan fingerprint density at radius 3 is 2.76 bits per heavy atom. The van der Waals surface area contributed by atoms with Crippen LogP contribution in [0.1, 0.15) is 11.3 Å². The molecule has 0 spiro atoms. The number of hydrogen-bond acceptors (Lipinski definition) is 4. The third-order valence-electron chi connectivity index (χ3n) is 2.46. The Kier molecular flexibility index (Phi) is 3.85. The van der Waals surface area contributed by atoms with E-state index in [4.69, 9.17) is 4.74 Å². The van der Waals surface area contributed by atoms with Crippen molar-refractivity contribution in [3.63, 3.8) is 0 Å². The first-order chi connectivity index (χ1) is 8.38. The van der Waals surface area contributed by atoms with E-state index in [0.29, 0.717) is 19.3 Å². The summed E-state index contributed by atoms with van der Waals surface area (Å²) in [6.45, 7) is 0.480. The van der Waals surface area contributed by atoms with Crippen molar-refractivity contribution in [2.75, 3.05) is 0 Å². The van der Waals surface area contributed by atoms with Crippen molar-refractivity contribution >= 4 is 6.47 Å². The Morgan fingerprint density at radius 1 is 1.29 bits per heavy atom. The zero-order chi connectivity index (χ0) is 11.9. The molecule has 1 N–H and O–H groups in total. The maximum absolute atomic E-state index is 10.5. The van der Waals surface area contributed by atoms with Crippen molar-refractivity contribution in [1.82, 2.24) is 15.4 Å². The molecule has 0 amide bonds. The maximum Gasteiger partial charge on any atom is 0.293 e. The Morgan fingerprint density at radius 2 is 2.12 bits per heavy atom. The number of benzene rings is 1. The normalized spacial score (nSPS) is 12.0. The fourth-order valence-electron chi connectivity index (χ4n) is 1.68. The SMILES string of the molecule is O=COC(Cc1ccccc1)Cc1cn[nH]n1. The molecular formula is C12H13N3O2. The highest BCUT2D eigenvalue weighted by Crippen LogP contribution is 2.09. The third kappa shape index (κ3) is 3.41. The lowest BCUT2D eigenvalue weighted by Crippen LogP contribution is -2.18. The summed E-state index contributed by atoms with van der Waals surface area (Å²) in [5, 5.41) is 10.2. The number of aromatic nitrogens is 3. The molecule has 17 heavy (non-hydrogen) atoms. The topological polar surface area (TPSA) is 67.9 Å². The van der Waals surface area contributed by atoms with Gasteiger partial charge >= 0.3 is 0 Å². The van der Waals surface area contributed by atoms with Crippen molar-refractivity contribution in [3.05, 3.63) is 47.8 Å². The number of carbonyl (C=O) groups is 1. The molecule has 5 heteroatoms. The van der Waals surface area contributed by atoms with Crippen LogP contribution in [0.5, 0.6) is 0 Å². The molecule has 2 aromatic rings. The Balaban J connectivity index is 2.00. The highest BCUT2D eigenvalue weighted by atomic mass is 16.5. The van der Waals surface area contributed by atoms with E-state index in [9.17, 15) is 4.79 Å². The minimum absolute atomic E-state index is 0.208. The third-order valence-corrected chi connectivity index (χ3v) is 2.46. The molecule has 0 aliphatic carbocycles. The van der Waals surface area contributed by atoms with Crippen LogP contribution >= 0.6 is 0 Å². The lowest BCUT2D eigenvalue weighted by molar-refractivity contribution is -0.133. The molecule has 0 saturated heterocycles. The van der Waals surface area contributed by atoms with Gasteiger partial charge in [-0.1, -0.05) is 30.3 Å². The molecule has 0 aliphatic rings. The predicted molar refractivity (Wildman–Crippen MR) is 61.2 cm³/mol. The van der Waals surface area contributed by atoms with Gasteiger partial charge in [0.2, 0.25) is 0 Å². The quantitative estimate of drug-likeness (QED) is 0.757. The lowest BCUT2D eigenvalue weighted by atomic mass is 10.0. The van der Waals surface area contributed by atoms with Crippen LogP contribution < -0.4 is 0 Å². The van der Waals surface area contributed by atoms with Gasteiger partial charge in [0.15, 0.2) is 0 Å². The fourth-order valence-corrected chi connectivity index (χ4v) is 1.68. The van der Waals surface area contributed by atoms with Crippen LogP contribution in [0.4, 0.5) is 0 Å². The van der Waals surface area contributed by atoms with E-state index in [1.165, 1.54) is 0 Å². The average molecular weight is 231 g/mol. The Hall–Kier alpha value is -2.17. The molecule has 2 rings (SSSR count). The second-order valence-electron chi connectivity index (χ2n) is 3.71. The minimum Gasteiger partial charge on any atom is -0.464 e. The summed E-state index contributed by atoms with van der Waals surface area (Å²) in [4.78, 5) is 10.5. The molecule has 1 aromatic carbocycles. The number of ether oxygens (including phenoxy) is 1. The molecule has 1 heterocycles. The van der Waals surface area contributed by atoms with Gasteiger partial charge in [-0.15, -0.1) is 0 Å². The van der Waals surface area contributed by atoms with Crippen LogP contribution in [0.2, 0.25) is 0 Å². The predicted octanol–water partition coefficient (Wildman–Crippen LogP) is 1.13. The number of nitrogens with one attached hydrogen (secondary N) is 1.